The lowest BCUT2D eigenvalue weighted by molar-refractivity contribution is 0.159. The third-order valence-corrected chi connectivity index (χ3v) is 7.33. The number of amides is 2. The number of ether oxygens (including phenoxy) is 1. The van der Waals surface area contributed by atoms with Gasteiger partial charge in [-0.15, -0.1) is 0 Å². The Balaban J connectivity index is 1.44. The van der Waals surface area contributed by atoms with Crippen LogP contribution in [0.25, 0.3) is 16.9 Å². The molecule has 1 fully saturated rings. The van der Waals surface area contributed by atoms with Crippen LogP contribution in [-0.4, -0.2) is 64.7 Å². The number of nitrogens with zero attached hydrogens (tertiary/aromatic N) is 4. The second-order valence-corrected chi connectivity index (χ2v) is 10.1. The van der Waals surface area contributed by atoms with Crippen molar-refractivity contribution in [1.82, 2.24) is 24.6 Å². The van der Waals surface area contributed by atoms with E-state index in [1.54, 1.807) is 31.1 Å². The van der Waals surface area contributed by atoms with Crippen molar-refractivity contribution in [3.63, 3.8) is 0 Å². The second kappa shape index (κ2) is 11.8. The number of carbonyl (C=O) groups is 1. The van der Waals surface area contributed by atoms with Crippen LogP contribution >= 0.6 is 0 Å². The molecule has 2 aromatic heterocycles. The molecule has 208 valence electrons. The van der Waals surface area contributed by atoms with Gasteiger partial charge in [-0.05, 0) is 42.8 Å². The van der Waals surface area contributed by atoms with Crippen LogP contribution in [0.3, 0.4) is 0 Å². The molecule has 0 aliphatic carbocycles. The lowest BCUT2D eigenvalue weighted by atomic mass is 9.94. The van der Waals surface area contributed by atoms with Gasteiger partial charge in [0.05, 0.1) is 24.0 Å². The third-order valence-electron chi connectivity index (χ3n) is 7.33. The van der Waals surface area contributed by atoms with E-state index in [2.05, 4.69) is 15.5 Å². The van der Waals surface area contributed by atoms with Crippen LogP contribution in [0, 0.1) is 12.7 Å². The predicted molar refractivity (Wildman–Crippen MR) is 152 cm³/mol. The van der Waals surface area contributed by atoms with E-state index < -0.39 is 6.03 Å². The maximum Gasteiger partial charge on any atom is 0.320 e. The van der Waals surface area contributed by atoms with E-state index in [0.717, 1.165) is 16.8 Å². The Morgan fingerprint density at radius 2 is 1.90 bits per heavy atom. The summed E-state index contributed by atoms with van der Waals surface area (Å²) in [6.07, 6.45) is 1.69. The molecule has 1 aliphatic rings. The lowest BCUT2D eigenvalue weighted by Crippen LogP contribution is -2.42. The van der Waals surface area contributed by atoms with Gasteiger partial charge in [-0.1, -0.05) is 30.3 Å². The summed E-state index contributed by atoms with van der Waals surface area (Å²) in [6, 6.07) is 18.7. The molecule has 2 amide bonds. The number of para-hydroxylation sites is 1. The summed E-state index contributed by atoms with van der Waals surface area (Å²) >= 11 is 0. The first-order valence-electron chi connectivity index (χ1n) is 13.2. The number of anilines is 1. The molecule has 10 heteroatoms. The number of benzene rings is 2. The van der Waals surface area contributed by atoms with Gasteiger partial charge in [0.25, 0.3) is 5.56 Å². The van der Waals surface area contributed by atoms with E-state index in [4.69, 9.17) is 9.84 Å². The van der Waals surface area contributed by atoms with Crippen LogP contribution in [0.4, 0.5) is 15.0 Å². The molecule has 40 heavy (non-hydrogen) atoms. The Morgan fingerprint density at radius 3 is 2.62 bits per heavy atom. The number of rotatable bonds is 8. The predicted octanol–water partition coefficient (Wildman–Crippen LogP) is 3.92. The molecular weight excluding hydrogens is 511 g/mol. The van der Waals surface area contributed by atoms with Crippen LogP contribution in [0.1, 0.15) is 17.0 Å². The number of pyridine rings is 1. The number of hydrogen-bond acceptors (Lipinski definition) is 5. The maximum atomic E-state index is 14.1. The van der Waals surface area contributed by atoms with Crippen LogP contribution in [0.2, 0.25) is 0 Å². The minimum absolute atomic E-state index is 0.0884. The molecule has 1 saturated heterocycles. The highest BCUT2D eigenvalue weighted by molar-refractivity contribution is 5.91. The topological polar surface area (TPSA) is 93.4 Å². The average molecular weight is 545 g/mol. The monoisotopic (exact) mass is 544 g/mol. The van der Waals surface area contributed by atoms with E-state index in [0.29, 0.717) is 43.3 Å². The number of halogens is 1. The minimum atomic E-state index is -0.393. The highest BCUT2D eigenvalue weighted by atomic mass is 19.1. The number of methoxy groups -OCH3 is 1. The van der Waals surface area contributed by atoms with Gasteiger partial charge in [-0.3, -0.25) is 15.0 Å². The van der Waals surface area contributed by atoms with Gasteiger partial charge in [0.15, 0.2) is 0 Å². The molecule has 2 aromatic carbocycles. The SMILES string of the molecule is COCCN1C[C@@H](NC(=O)Nc2c(C)c(-c3ccn(C)c(=O)c3)nn2-c2ccccc2)[C@H](c2cccc(F)c2)C1. The fraction of sp³-hybridized carbons (Fsp3) is 0.300. The summed E-state index contributed by atoms with van der Waals surface area (Å²) < 4.78 is 22.5. The minimum Gasteiger partial charge on any atom is -0.383 e. The normalized spacial score (nSPS) is 17.2. The fourth-order valence-electron chi connectivity index (χ4n) is 5.19. The van der Waals surface area contributed by atoms with Crippen molar-refractivity contribution in [1.29, 1.82) is 0 Å². The lowest BCUT2D eigenvalue weighted by Gasteiger charge is -2.21. The Bertz CT molecular complexity index is 1550. The highest BCUT2D eigenvalue weighted by Crippen LogP contribution is 2.31. The molecule has 9 nitrogen and oxygen atoms in total. The van der Waals surface area contributed by atoms with Crippen LogP contribution < -0.4 is 16.2 Å². The van der Waals surface area contributed by atoms with Gasteiger partial charge in [-0.2, -0.15) is 5.10 Å². The molecule has 2 atom stereocenters. The van der Waals surface area contributed by atoms with Gasteiger partial charge >= 0.3 is 6.03 Å². The highest BCUT2D eigenvalue weighted by Gasteiger charge is 2.35. The first kappa shape index (κ1) is 27.3. The smallest absolute Gasteiger partial charge is 0.320 e. The molecule has 1 aliphatic heterocycles. The maximum absolute atomic E-state index is 14.1. The van der Waals surface area contributed by atoms with Crippen LogP contribution in [0.15, 0.2) is 77.7 Å². The molecule has 4 aromatic rings. The molecule has 0 unspecified atom stereocenters. The third kappa shape index (κ3) is 5.83. The number of hydrogen-bond donors (Lipinski definition) is 2. The largest absolute Gasteiger partial charge is 0.383 e. The zero-order valence-corrected chi connectivity index (χ0v) is 22.8. The Kier molecular flexibility index (Phi) is 8.09. The van der Waals surface area contributed by atoms with Gasteiger partial charge < -0.3 is 14.6 Å². The van der Waals surface area contributed by atoms with Crippen molar-refractivity contribution in [3.05, 3.63) is 100 Å². The van der Waals surface area contributed by atoms with Crippen molar-refractivity contribution < 1.29 is 13.9 Å². The number of nitrogens with one attached hydrogen (secondary N) is 2. The van der Waals surface area contributed by atoms with Gasteiger partial charge in [0.1, 0.15) is 11.6 Å². The summed E-state index contributed by atoms with van der Waals surface area (Å²) in [5.41, 5.74) is 3.43. The summed E-state index contributed by atoms with van der Waals surface area (Å²) in [7, 11) is 3.35. The van der Waals surface area contributed by atoms with Crippen molar-refractivity contribution in [2.45, 2.75) is 18.9 Å². The zero-order valence-electron chi connectivity index (χ0n) is 22.8. The summed E-state index contributed by atoms with van der Waals surface area (Å²) in [4.78, 5) is 28.0. The van der Waals surface area contributed by atoms with Gasteiger partial charge in [0, 0.05) is 63.1 Å². The van der Waals surface area contributed by atoms with E-state index in [1.807, 2.05) is 49.4 Å². The number of aromatic nitrogens is 3. The molecule has 0 radical (unpaired) electrons. The van der Waals surface area contributed by atoms with Gasteiger partial charge in [-0.25, -0.2) is 13.9 Å². The molecular formula is C30H33FN6O3. The number of likely N-dealkylation sites (tertiary alicyclic amines) is 1. The van der Waals surface area contributed by atoms with E-state index in [9.17, 15) is 14.0 Å². The Labute approximate surface area is 232 Å². The van der Waals surface area contributed by atoms with Crippen molar-refractivity contribution >= 4 is 11.8 Å². The summed E-state index contributed by atoms with van der Waals surface area (Å²) in [6.45, 7) is 4.42. The van der Waals surface area contributed by atoms with Gasteiger partial charge in [0.2, 0.25) is 0 Å². The second-order valence-electron chi connectivity index (χ2n) is 10.1. The molecule has 0 saturated carbocycles. The summed E-state index contributed by atoms with van der Waals surface area (Å²) in [5, 5.41) is 10.9. The summed E-state index contributed by atoms with van der Waals surface area (Å²) in [5.74, 6) is 0.104. The standard InChI is InChI=1S/C30H33FN6O3/c1-20-28(22-12-13-35(2)27(38)17-22)34-37(24-10-5-4-6-11-24)29(20)33-30(39)32-26-19-36(14-15-40-3)18-25(26)21-8-7-9-23(31)16-21/h4-13,16-17,25-26H,14-15,18-19H2,1-3H3,(H2,32,33,39)/t25-,26+/m0/s1. The van der Waals surface area contributed by atoms with Crippen LogP contribution in [-0.2, 0) is 11.8 Å². The molecule has 5 rings (SSSR count). The average Bonchev–Trinajstić information content (AvgIpc) is 3.50. The van der Waals surface area contributed by atoms with Crippen molar-refractivity contribution in [2.75, 3.05) is 38.7 Å². The Hall–Kier alpha value is -4.28. The van der Waals surface area contributed by atoms with Crippen molar-refractivity contribution in [2.24, 2.45) is 7.05 Å². The first-order valence-corrected chi connectivity index (χ1v) is 13.2. The Morgan fingerprint density at radius 1 is 1.10 bits per heavy atom. The molecule has 2 N–H and O–H groups in total. The fourth-order valence-corrected chi connectivity index (χ4v) is 5.19. The number of carbonyl (C=O) groups excluding carboxylic acids is 1. The first-order chi connectivity index (χ1) is 19.3. The van der Waals surface area contributed by atoms with E-state index >= 15 is 0 Å². The molecule has 0 bridgehead atoms. The van der Waals surface area contributed by atoms with E-state index in [-0.39, 0.29) is 23.3 Å². The molecule has 0 spiro atoms. The number of urea groups is 1. The number of aryl methyl sites for hydroxylation is 1. The van der Waals surface area contributed by atoms with Crippen molar-refractivity contribution in [3.8, 4) is 16.9 Å². The van der Waals surface area contributed by atoms with E-state index in [1.165, 1.54) is 22.8 Å². The van der Waals surface area contributed by atoms with Crippen LogP contribution in [0.5, 0.6) is 0 Å². The quantitative estimate of drug-likeness (QED) is 0.351. The zero-order chi connectivity index (χ0) is 28.2. The molecule has 3 heterocycles.